The average Bonchev–Trinajstić information content (AvgIpc) is 3.87. The minimum Gasteiger partial charge on any atom is -0.462 e. The number of nitrogens with zero attached hydrogens (tertiary/aromatic N) is 4. The molecule has 7 rings (SSSR count). The van der Waals surface area contributed by atoms with Crippen molar-refractivity contribution in [1.29, 1.82) is 0 Å². The maximum atomic E-state index is 13.1. The number of esters is 1. The molecule has 5 heterocycles. The molecule has 48 heavy (non-hydrogen) atoms. The van der Waals surface area contributed by atoms with E-state index in [9.17, 15) is 14.4 Å². The first-order valence-electron chi connectivity index (χ1n) is 15.9. The van der Waals surface area contributed by atoms with Gasteiger partial charge in [-0.05, 0) is 110 Å². The van der Waals surface area contributed by atoms with Gasteiger partial charge in [-0.1, -0.05) is 24.6 Å². The number of aromatic amines is 1. The van der Waals surface area contributed by atoms with E-state index in [1.165, 1.54) is 0 Å². The summed E-state index contributed by atoms with van der Waals surface area (Å²) in [5, 5.41) is 4.13. The van der Waals surface area contributed by atoms with Crippen molar-refractivity contribution in [3.8, 4) is 38.3 Å². The van der Waals surface area contributed by atoms with Crippen molar-refractivity contribution in [2.24, 2.45) is 0 Å². The smallest absolute Gasteiger partial charge is 0.349 e. The number of aryl methyl sites for hydroxylation is 3. The summed E-state index contributed by atoms with van der Waals surface area (Å²) >= 11 is 3.37. The lowest BCUT2D eigenvalue weighted by Gasteiger charge is -2.17. The van der Waals surface area contributed by atoms with Crippen molar-refractivity contribution in [3.63, 3.8) is 0 Å². The fraction of sp³-hybridized carbons (Fsp3) is 0.216. The third kappa shape index (κ3) is 6.26. The van der Waals surface area contributed by atoms with Crippen molar-refractivity contribution in [3.05, 3.63) is 121 Å². The minimum absolute atomic E-state index is 0.156. The van der Waals surface area contributed by atoms with Crippen LogP contribution < -0.4 is 11.2 Å². The Morgan fingerprint density at radius 2 is 1.52 bits per heavy atom. The Morgan fingerprint density at radius 1 is 0.812 bits per heavy atom. The lowest BCUT2D eigenvalue weighted by Crippen LogP contribution is -2.29. The van der Waals surface area contributed by atoms with Crippen LogP contribution in [0.3, 0.4) is 0 Å². The van der Waals surface area contributed by atoms with Crippen LogP contribution in [-0.4, -0.2) is 36.7 Å². The molecule has 0 unspecified atom stereocenters. The normalized spacial score (nSPS) is 11.5. The van der Waals surface area contributed by atoms with Gasteiger partial charge in [0.25, 0.3) is 5.56 Å². The molecule has 5 aromatic rings. The Bertz CT molecular complexity index is 2270. The monoisotopic (exact) mass is 675 g/mol. The van der Waals surface area contributed by atoms with Gasteiger partial charge in [0.05, 0.1) is 44.3 Å². The summed E-state index contributed by atoms with van der Waals surface area (Å²) in [6.07, 6.45) is 3.23. The molecule has 0 aliphatic carbocycles. The van der Waals surface area contributed by atoms with E-state index < -0.39 is 11.2 Å². The van der Waals surface area contributed by atoms with Gasteiger partial charge >= 0.3 is 11.7 Å². The van der Waals surface area contributed by atoms with Crippen LogP contribution in [0.1, 0.15) is 47.2 Å². The minimum atomic E-state index is -0.683. The van der Waals surface area contributed by atoms with E-state index in [0.29, 0.717) is 30.1 Å². The molecule has 2 aliphatic rings. The van der Waals surface area contributed by atoms with Crippen LogP contribution in [0.5, 0.6) is 0 Å². The number of carbonyl (C=O) groups excluding carboxylic acids is 1. The highest BCUT2D eigenvalue weighted by Gasteiger charge is 2.20. The Balaban J connectivity index is 0.992. The molecule has 0 bridgehead atoms. The molecular weight excluding hydrogens is 643 g/mol. The third-order valence-corrected chi connectivity index (χ3v) is 10.3. The first-order chi connectivity index (χ1) is 23.4. The van der Waals surface area contributed by atoms with Crippen LogP contribution in [0.25, 0.3) is 49.4 Å². The Hall–Kier alpha value is -5.13. The molecule has 1 N–H and O–H groups in total. The highest BCUT2D eigenvalue weighted by atomic mass is 32.1. The summed E-state index contributed by atoms with van der Waals surface area (Å²) in [4.78, 5) is 50.9. The van der Waals surface area contributed by atoms with Gasteiger partial charge in [-0.25, -0.2) is 14.6 Å². The predicted octanol–water partition coefficient (Wildman–Crippen LogP) is 7.87. The van der Waals surface area contributed by atoms with Crippen LogP contribution in [-0.2, 0) is 11.3 Å². The van der Waals surface area contributed by atoms with Crippen molar-refractivity contribution >= 4 is 39.7 Å². The van der Waals surface area contributed by atoms with Crippen molar-refractivity contribution < 1.29 is 9.53 Å². The zero-order valence-corrected chi connectivity index (χ0v) is 28.2. The first-order valence-corrected chi connectivity index (χ1v) is 17.6. The number of carbonyl (C=O) groups is 1. The lowest BCUT2D eigenvalue weighted by atomic mass is 10.1. The van der Waals surface area contributed by atoms with Crippen molar-refractivity contribution in [2.75, 3.05) is 6.61 Å². The number of unbranched alkanes of at least 4 members (excludes halogenated alkanes) is 3. The molecule has 0 radical (unpaired) electrons. The fourth-order valence-electron chi connectivity index (χ4n) is 5.97. The number of hydrogen-bond donors (Lipinski definition) is 1. The second-order valence-corrected chi connectivity index (χ2v) is 13.6. The molecule has 0 atom stereocenters. The Kier molecular flexibility index (Phi) is 8.88. The number of nitrogens with one attached hydrogen (secondary N) is 1. The van der Waals surface area contributed by atoms with Crippen molar-refractivity contribution in [1.82, 2.24) is 24.1 Å². The molecule has 0 fully saturated rings. The Morgan fingerprint density at radius 3 is 2.23 bits per heavy atom. The molecule has 2 aromatic carbocycles. The Labute approximate surface area is 284 Å². The maximum absolute atomic E-state index is 13.1. The number of fused-ring (bicyclic) bond motifs is 2. The van der Waals surface area contributed by atoms with E-state index in [-0.39, 0.29) is 11.7 Å². The zero-order valence-electron chi connectivity index (χ0n) is 26.6. The molecule has 3 aromatic heterocycles. The number of H-pyrrole nitrogens is 1. The van der Waals surface area contributed by atoms with Crippen LogP contribution in [0.4, 0.5) is 0 Å². The molecule has 0 amide bonds. The largest absolute Gasteiger partial charge is 0.462 e. The highest BCUT2D eigenvalue weighted by Crippen LogP contribution is 2.36. The van der Waals surface area contributed by atoms with Gasteiger partial charge in [0, 0.05) is 12.2 Å². The second-order valence-electron chi connectivity index (χ2n) is 11.7. The molecular formula is C37H33N5O4S2. The summed E-state index contributed by atoms with van der Waals surface area (Å²) in [7, 11) is 0. The summed E-state index contributed by atoms with van der Waals surface area (Å²) < 4.78 is 9.82. The van der Waals surface area contributed by atoms with Crippen LogP contribution in [0.15, 0.2) is 93.1 Å². The first kappa shape index (κ1) is 31.5. The number of hydrogen-bond acceptors (Lipinski definition) is 8. The third-order valence-electron chi connectivity index (χ3n) is 8.50. The zero-order chi connectivity index (χ0) is 33.2. The number of thiophene rings is 2. The number of aromatic nitrogens is 5. The molecule has 0 saturated heterocycles. The maximum Gasteiger partial charge on any atom is 0.349 e. The van der Waals surface area contributed by atoms with Crippen LogP contribution in [0, 0.1) is 13.8 Å². The van der Waals surface area contributed by atoms with E-state index >= 15 is 0 Å². The molecule has 0 saturated carbocycles. The quantitative estimate of drug-likeness (QED) is 0.0849. The summed E-state index contributed by atoms with van der Waals surface area (Å²) in [5.41, 5.74) is 6.19. The number of ether oxygens (including phenoxy) is 1. The molecule has 9 nitrogen and oxygen atoms in total. The van der Waals surface area contributed by atoms with Crippen molar-refractivity contribution in [2.45, 2.75) is 46.1 Å². The van der Waals surface area contributed by atoms with E-state index in [4.69, 9.17) is 4.74 Å². The van der Waals surface area contributed by atoms with Crippen LogP contribution in [0.2, 0.25) is 0 Å². The molecule has 0 spiro atoms. The van der Waals surface area contributed by atoms with Gasteiger partial charge in [0.1, 0.15) is 0 Å². The van der Waals surface area contributed by atoms with E-state index in [1.807, 2.05) is 60.9 Å². The summed E-state index contributed by atoms with van der Waals surface area (Å²) in [5.74, 6) is -0.0550. The van der Waals surface area contributed by atoms with Gasteiger partial charge in [0.2, 0.25) is 0 Å². The average molecular weight is 676 g/mol. The highest BCUT2D eigenvalue weighted by molar-refractivity contribution is 7.14. The molecule has 11 heteroatoms. The predicted molar refractivity (Wildman–Crippen MR) is 192 cm³/mol. The van der Waals surface area contributed by atoms with Gasteiger partial charge in [-0.3, -0.25) is 9.78 Å². The lowest BCUT2D eigenvalue weighted by molar-refractivity contribution is 0.0497. The van der Waals surface area contributed by atoms with E-state index in [1.54, 1.807) is 28.7 Å². The molecule has 242 valence electrons. The number of rotatable bonds is 11. The van der Waals surface area contributed by atoms with Gasteiger partial charge in [-0.2, -0.15) is 4.98 Å². The SMILES string of the molecule is Cc1cc2nc3c(=O)[nH]c(=O)nc-3n(CCCCCCOC(=O)c3cccc(-n4c(-c5cccs5)ccc4-c4cccs4)c3)c2cc1C. The van der Waals surface area contributed by atoms with Gasteiger partial charge < -0.3 is 13.9 Å². The molecule has 2 aliphatic heterocycles. The van der Waals surface area contributed by atoms with Gasteiger partial charge in [0.15, 0.2) is 11.5 Å². The topological polar surface area (TPSA) is 112 Å². The summed E-state index contributed by atoms with van der Waals surface area (Å²) in [6.45, 7) is 4.91. The van der Waals surface area contributed by atoms with Gasteiger partial charge in [-0.15, -0.1) is 22.7 Å². The number of benzene rings is 2. The standard InChI is InChI=1S/C37H33N5O4S2/c1-23-20-27-30(21-24(23)2)41(34-33(38-27)35(43)40-37(45)39-34)16-5-3-4-6-17-46-36(44)25-10-7-11-26(22-25)42-28(31-12-8-18-47-31)14-15-29(42)32-13-9-19-48-32/h7-15,18-22H,3-6,16-17H2,1-2H3,(H,40,43,45). The second kappa shape index (κ2) is 13.5. The fourth-order valence-corrected chi connectivity index (χ4v) is 7.45. The van der Waals surface area contributed by atoms with E-state index in [0.717, 1.165) is 69.2 Å². The van der Waals surface area contributed by atoms with E-state index in [2.05, 4.69) is 54.5 Å². The van der Waals surface area contributed by atoms with Crippen LogP contribution >= 0.6 is 22.7 Å². The summed E-state index contributed by atoms with van der Waals surface area (Å²) in [6, 6.07) is 24.1.